The van der Waals surface area contributed by atoms with E-state index in [9.17, 15) is 0 Å². The van der Waals surface area contributed by atoms with Gasteiger partial charge in [-0.3, -0.25) is 0 Å². The first-order chi connectivity index (χ1) is 17.2. The summed E-state index contributed by atoms with van der Waals surface area (Å²) in [5.41, 5.74) is 10.5. The quantitative estimate of drug-likeness (QED) is 0.219. The average Bonchev–Trinajstić information content (AvgIpc) is 2.85. The summed E-state index contributed by atoms with van der Waals surface area (Å²) in [5, 5.41) is 0. The van der Waals surface area contributed by atoms with Crippen LogP contribution in [-0.4, -0.2) is 6.61 Å². The van der Waals surface area contributed by atoms with Crippen LogP contribution >= 0.6 is 0 Å². The lowest BCUT2D eigenvalue weighted by molar-refractivity contribution is 0.305. The third-order valence-corrected chi connectivity index (χ3v) is 6.97. The SMILES string of the molecule is Cc1ccc(N(c2ccc(C)cc2)c2cccc(OCCCCCc3ccc4c(c3)CC4)c2)cc1. The third kappa shape index (κ3) is 5.77. The molecule has 0 amide bonds. The zero-order valence-electron chi connectivity index (χ0n) is 21.0. The third-order valence-electron chi connectivity index (χ3n) is 6.97. The molecule has 5 rings (SSSR count). The first-order valence-corrected chi connectivity index (χ1v) is 12.9. The van der Waals surface area contributed by atoms with Crippen LogP contribution in [0.15, 0.2) is 91.0 Å². The highest BCUT2D eigenvalue weighted by Crippen LogP contribution is 2.36. The summed E-state index contributed by atoms with van der Waals surface area (Å²) in [6.07, 6.45) is 7.19. The van der Waals surface area contributed by atoms with Gasteiger partial charge in [0.25, 0.3) is 0 Å². The molecule has 0 unspecified atom stereocenters. The van der Waals surface area contributed by atoms with Gasteiger partial charge in [0.2, 0.25) is 0 Å². The highest BCUT2D eigenvalue weighted by Gasteiger charge is 2.14. The zero-order chi connectivity index (χ0) is 24.0. The average molecular weight is 462 g/mol. The highest BCUT2D eigenvalue weighted by molar-refractivity contribution is 5.77. The van der Waals surface area contributed by atoms with E-state index < -0.39 is 0 Å². The molecule has 1 aliphatic carbocycles. The summed E-state index contributed by atoms with van der Waals surface area (Å²) in [6, 6.07) is 32.9. The molecule has 0 saturated heterocycles. The smallest absolute Gasteiger partial charge is 0.121 e. The number of anilines is 3. The summed E-state index contributed by atoms with van der Waals surface area (Å²) >= 11 is 0. The van der Waals surface area contributed by atoms with Crippen LogP contribution in [0.1, 0.15) is 47.1 Å². The largest absolute Gasteiger partial charge is 0.494 e. The summed E-state index contributed by atoms with van der Waals surface area (Å²) < 4.78 is 6.18. The number of hydrogen-bond acceptors (Lipinski definition) is 2. The van der Waals surface area contributed by atoms with Gasteiger partial charge in [-0.1, -0.05) is 59.7 Å². The van der Waals surface area contributed by atoms with Crippen LogP contribution in [0.3, 0.4) is 0 Å². The minimum absolute atomic E-state index is 0.753. The topological polar surface area (TPSA) is 12.5 Å². The maximum absolute atomic E-state index is 6.18. The number of hydrogen-bond donors (Lipinski definition) is 0. The van der Waals surface area contributed by atoms with Crippen molar-refractivity contribution in [3.05, 3.63) is 119 Å². The van der Waals surface area contributed by atoms with Crippen LogP contribution in [-0.2, 0) is 19.3 Å². The Morgan fingerprint density at radius 1 is 0.629 bits per heavy atom. The number of rotatable bonds is 10. The van der Waals surface area contributed by atoms with E-state index in [1.807, 2.05) is 0 Å². The molecule has 0 aromatic heterocycles. The second-order valence-electron chi connectivity index (χ2n) is 9.77. The number of unbranched alkanes of at least 4 members (excludes halogenated alkanes) is 2. The van der Waals surface area contributed by atoms with Crippen LogP contribution < -0.4 is 9.64 Å². The van der Waals surface area contributed by atoms with Gasteiger partial charge in [0.05, 0.1) is 6.61 Å². The molecular formula is C33H35NO. The van der Waals surface area contributed by atoms with E-state index in [1.54, 1.807) is 11.1 Å². The van der Waals surface area contributed by atoms with Crippen molar-refractivity contribution in [2.45, 2.75) is 52.4 Å². The van der Waals surface area contributed by atoms with Gasteiger partial charge in [-0.2, -0.15) is 0 Å². The molecule has 4 aromatic carbocycles. The molecule has 2 heteroatoms. The van der Waals surface area contributed by atoms with Crippen molar-refractivity contribution in [3.8, 4) is 5.75 Å². The molecule has 0 bridgehead atoms. The summed E-state index contributed by atoms with van der Waals surface area (Å²) in [4.78, 5) is 2.29. The number of fused-ring (bicyclic) bond motifs is 1. The van der Waals surface area contributed by atoms with Crippen LogP contribution in [0.25, 0.3) is 0 Å². The fourth-order valence-corrected chi connectivity index (χ4v) is 4.75. The predicted molar refractivity (Wildman–Crippen MR) is 147 cm³/mol. The van der Waals surface area contributed by atoms with Gasteiger partial charge in [-0.15, -0.1) is 0 Å². The molecule has 0 saturated carbocycles. The van der Waals surface area contributed by atoms with Crippen molar-refractivity contribution in [1.82, 2.24) is 0 Å². The van der Waals surface area contributed by atoms with Crippen molar-refractivity contribution in [1.29, 1.82) is 0 Å². The van der Waals surface area contributed by atoms with E-state index in [1.165, 1.54) is 48.8 Å². The predicted octanol–water partition coefficient (Wildman–Crippen LogP) is 8.66. The van der Waals surface area contributed by atoms with E-state index in [-0.39, 0.29) is 0 Å². The highest BCUT2D eigenvalue weighted by atomic mass is 16.5. The number of aryl methyl sites for hydroxylation is 5. The maximum Gasteiger partial charge on any atom is 0.121 e. The summed E-state index contributed by atoms with van der Waals surface area (Å²) in [6.45, 7) is 5.00. The van der Waals surface area contributed by atoms with Crippen molar-refractivity contribution in [2.24, 2.45) is 0 Å². The fourth-order valence-electron chi connectivity index (χ4n) is 4.75. The molecule has 0 N–H and O–H groups in total. The number of nitrogens with zero attached hydrogens (tertiary/aromatic N) is 1. The van der Waals surface area contributed by atoms with Gasteiger partial charge >= 0.3 is 0 Å². The molecule has 35 heavy (non-hydrogen) atoms. The standard InChI is InChI=1S/C33H35NO/c1-25-10-18-30(19-11-25)34(31-20-12-26(2)13-21-31)32-8-6-9-33(24-32)35-22-5-3-4-7-27-14-15-28-16-17-29(28)23-27/h6,8-15,18-21,23-24H,3-5,7,16-17,22H2,1-2H3. The summed E-state index contributed by atoms with van der Waals surface area (Å²) in [7, 11) is 0. The van der Waals surface area contributed by atoms with Crippen molar-refractivity contribution < 1.29 is 4.74 Å². The number of benzene rings is 4. The minimum atomic E-state index is 0.753. The van der Waals surface area contributed by atoms with Gasteiger partial charge in [0.15, 0.2) is 0 Å². The Bertz CT molecular complexity index is 1210. The molecule has 0 spiro atoms. The zero-order valence-corrected chi connectivity index (χ0v) is 21.0. The Morgan fingerprint density at radius 3 is 1.94 bits per heavy atom. The molecule has 178 valence electrons. The maximum atomic E-state index is 6.18. The molecule has 0 aliphatic heterocycles. The minimum Gasteiger partial charge on any atom is -0.494 e. The Labute approximate surface area is 210 Å². The van der Waals surface area contributed by atoms with E-state index in [0.29, 0.717) is 0 Å². The first kappa shape index (κ1) is 23.2. The van der Waals surface area contributed by atoms with Crippen molar-refractivity contribution in [2.75, 3.05) is 11.5 Å². The lowest BCUT2D eigenvalue weighted by atomic mass is 9.86. The summed E-state index contributed by atoms with van der Waals surface area (Å²) in [5.74, 6) is 0.925. The van der Waals surface area contributed by atoms with E-state index in [2.05, 4.69) is 110 Å². The molecule has 0 heterocycles. The monoisotopic (exact) mass is 461 g/mol. The van der Waals surface area contributed by atoms with E-state index >= 15 is 0 Å². The molecule has 0 fully saturated rings. The lowest BCUT2D eigenvalue weighted by Gasteiger charge is -2.26. The second kappa shape index (κ2) is 10.8. The van der Waals surface area contributed by atoms with Gasteiger partial charge < -0.3 is 9.64 Å². The van der Waals surface area contributed by atoms with Gasteiger partial charge in [0.1, 0.15) is 5.75 Å². The van der Waals surface area contributed by atoms with Gasteiger partial charge in [-0.05, 0) is 105 Å². The van der Waals surface area contributed by atoms with Crippen molar-refractivity contribution in [3.63, 3.8) is 0 Å². The first-order valence-electron chi connectivity index (χ1n) is 12.9. The van der Waals surface area contributed by atoms with Crippen molar-refractivity contribution >= 4 is 17.1 Å². The number of ether oxygens (including phenoxy) is 1. The fraction of sp³-hybridized carbons (Fsp3) is 0.273. The molecule has 0 atom stereocenters. The normalized spacial score (nSPS) is 12.1. The lowest BCUT2D eigenvalue weighted by Crippen LogP contribution is -2.10. The molecule has 4 aromatic rings. The van der Waals surface area contributed by atoms with Crippen LogP contribution in [0.5, 0.6) is 5.75 Å². The molecule has 0 radical (unpaired) electrons. The van der Waals surface area contributed by atoms with Crippen LogP contribution in [0.2, 0.25) is 0 Å². The molecular weight excluding hydrogens is 426 g/mol. The second-order valence-corrected chi connectivity index (χ2v) is 9.77. The van der Waals surface area contributed by atoms with E-state index in [4.69, 9.17) is 4.74 Å². The Hall–Kier alpha value is -3.52. The molecule has 2 nitrogen and oxygen atoms in total. The Morgan fingerprint density at radius 2 is 1.31 bits per heavy atom. The van der Waals surface area contributed by atoms with Gasteiger partial charge in [-0.25, -0.2) is 0 Å². The Balaban J connectivity index is 1.20. The van der Waals surface area contributed by atoms with Gasteiger partial charge in [0, 0.05) is 23.1 Å². The van der Waals surface area contributed by atoms with Crippen LogP contribution in [0, 0.1) is 13.8 Å². The van der Waals surface area contributed by atoms with E-state index in [0.717, 1.165) is 35.8 Å². The Kier molecular flexibility index (Phi) is 7.18. The molecule has 1 aliphatic rings. The van der Waals surface area contributed by atoms with Crippen LogP contribution in [0.4, 0.5) is 17.1 Å².